The molecule has 0 bridgehead atoms. The van der Waals surface area contributed by atoms with E-state index in [0.29, 0.717) is 16.6 Å². The van der Waals surface area contributed by atoms with Gasteiger partial charge in [0.1, 0.15) is 5.65 Å². The Kier molecular flexibility index (Phi) is 4.10. The predicted molar refractivity (Wildman–Crippen MR) is 90.9 cm³/mol. The highest BCUT2D eigenvalue weighted by Gasteiger charge is 2.45. The van der Waals surface area contributed by atoms with Gasteiger partial charge in [0, 0.05) is 11.6 Å². The summed E-state index contributed by atoms with van der Waals surface area (Å²) in [6, 6.07) is 4.36. The number of hydrogen-bond donors (Lipinski definition) is 0. The first-order chi connectivity index (χ1) is 9.33. The molecule has 0 saturated carbocycles. The lowest BCUT2D eigenvalue weighted by Gasteiger charge is -2.44. The van der Waals surface area contributed by atoms with Gasteiger partial charge in [0.15, 0.2) is 8.24 Å². The van der Waals surface area contributed by atoms with Gasteiger partial charge < -0.3 is 4.23 Å². The van der Waals surface area contributed by atoms with Gasteiger partial charge in [0.05, 0.1) is 0 Å². The quantitative estimate of drug-likeness (QED) is 0.692. The summed E-state index contributed by atoms with van der Waals surface area (Å²) in [4.78, 5) is 4.71. The van der Waals surface area contributed by atoms with E-state index in [4.69, 9.17) is 4.98 Å². The maximum absolute atomic E-state index is 4.71. The summed E-state index contributed by atoms with van der Waals surface area (Å²) in [5, 5.41) is 1.31. The molecule has 0 radical (unpaired) electrons. The summed E-state index contributed by atoms with van der Waals surface area (Å²) in [5.41, 5.74) is 4.60. The van der Waals surface area contributed by atoms with Crippen LogP contribution in [0.2, 0.25) is 16.6 Å². The molecule has 2 heterocycles. The second kappa shape index (κ2) is 5.36. The van der Waals surface area contributed by atoms with Gasteiger partial charge in [0.25, 0.3) is 0 Å². The van der Waals surface area contributed by atoms with Crippen LogP contribution in [0.4, 0.5) is 0 Å². The van der Waals surface area contributed by atoms with Gasteiger partial charge in [-0.2, -0.15) is 0 Å². The topological polar surface area (TPSA) is 17.8 Å². The first-order valence-electron chi connectivity index (χ1n) is 7.76. The van der Waals surface area contributed by atoms with Crippen LogP contribution in [0.1, 0.15) is 47.1 Å². The van der Waals surface area contributed by atoms with Crippen molar-refractivity contribution in [3.8, 4) is 0 Å². The molecule has 0 aromatic carbocycles. The minimum absolute atomic E-state index is 0.695. The number of aromatic nitrogens is 2. The molecule has 0 N–H and O–H groups in total. The minimum atomic E-state index is -1.68. The highest BCUT2D eigenvalue weighted by atomic mass is 28.3. The lowest BCUT2D eigenvalue weighted by Crippen LogP contribution is -2.51. The lowest BCUT2D eigenvalue weighted by molar-refractivity contribution is 0.770. The van der Waals surface area contributed by atoms with E-state index in [9.17, 15) is 0 Å². The Morgan fingerprint density at radius 3 is 2.00 bits per heavy atom. The molecule has 0 fully saturated rings. The van der Waals surface area contributed by atoms with E-state index in [1.54, 1.807) is 0 Å². The van der Waals surface area contributed by atoms with Crippen LogP contribution in [0.15, 0.2) is 24.5 Å². The maximum atomic E-state index is 4.71. The number of hydrogen-bond acceptors (Lipinski definition) is 1. The Morgan fingerprint density at radius 2 is 1.50 bits per heavy atom. The van der Waals surface area contributed by atoms with Gasteiger partial charge in [-0.3, -0.25) is 0 Å². The lowest BCUT2D eigenvalue weighted by atomic mass is 10.2. The van der Waals surface area contributed by atoms with Crippen molar-refractivity contribution in [2.75, 3.05) is 0 Å². The van der Waals surface area contributed by atoms with Crippen molar-refractivity contribution in [2.24, 2.45) is 0 Å². The Hall–Kier alpha value is -1.09. The molecule has 2 nitrogen and oxygen atoms in total. The normalized spacial score (nSPS) is 13.1. The molecule has 2 aromatic rings. The molecule has 3 heteroatoms. The molecule has 0 saturated heterocycles. The van der Waals surface area contributed by atoms with Crippen molar-refractivity contribution in [1.29, 1.82) is 0 Å². The van der Waals surface area contributed by atoms with Gasteiger partial charge in [-0.25, -0.2) is 4.98 Å². The van der Waals surface area contributed by atoms with Gasteiger partial charge in [0.2, 0.25) is 0 Å². The van der Waals surface area contributed by atoms with E-state index in [-0.39, 0.29) is 0 Å². The monoisotopic (exact) mass is 288 g/mol. The van der Waals surface area contributed by atoms with E-state index in [1.165, 1.54) is 16.6 Å². The first kappa shape index (κ1) is 15.3. The van der Waals surface area contributed by atoms with Crippen molar-refractivity contribution in [3.05, 3.63) is 30.1 Å². The van der Waals surface area contributed by atoms with Gasteiger partial charge in [-0.15, -0.1) is 0 Å². The van der Waals surface area contributed by atoms with Crippen LogP contribution in [0, 0.1) is 6.92 Å². The van der Waals surface area contributed by atoms with Crippen LogP contribution in [-0.2, 0) is 0 Å². The molecule has 2 rings (SSSR count). The standard InChI is InChI=1S/C17H28N2Si/c1-12(2)20(13(3)4,14(5)6)19-11-9-16-15(7)8-10-18-17(16)19/h8-14H,1-7H3. The average Bonchev–Trinajstić information content (AvgIpc) is 2.74. The largest absolute Gasteiger partial charge is 0.359 e. The second-order valence-electron chi connectivity index (χ2n) is 6.90. The smallest absolute Gasteiger partial charge is 0.171 e. The van der Waals surface area contributed by atoms with E-state index in [0.717, 1.165) is 0 Å². The highest BCUT2D eigenvalue weighted by Crippen LogP contribution is 2.44. The van der Waals surface area contributed by atoms with E-state index in [1.807, 2.05) is 6.20 Å². The van der Waals surface area contributed by atoms with E-state index >= 15 is 0 Å². The Balaban J connectivity index is 2.79. The average molecular weight is 289 g/mol. The van der Waals surface area contributed by atoms with Crippen LogP contribution >= 0.6 is 0 Å². The summed E-state index contributed by atoms with van der Waals surface area (Å²) in [7, 11) is -1.68. The summed E-state index contributed by atoms with van der Waals surface area (Å²) >= 11 is 0. The third-order valence-electron chi connectivity index (χ3n) is 5.00. The van der Waals surface area contributed by atoms with Crippen LogP contribution in [0.5, 0.6) is 0 Å². The molecule has 0 amide bonds. The molecule has 0 aliphatic rings. The Labute approximate surface area is 124 Å². The Bertz CT molecular complexity index is 574. The molecule has 110 valence electrons. The zero-order chi connectivity index (χ0) is 15.1. The zero-order valence-electron chi connectivity index (χ0n) is 13.9. The fourth-order valence-corrected chi connectivity index (χ4v) is 10.9. The molecular weight excluding hydrogens is 260 g/mol. The van der Waals surface area contributed by atoms with Crippen molar-refractivity contribution < 1.29 is 0 Å². The minimum Gasteiger partial charge on any atom is -0.359 e. The number of pyridine rings is 1. The van der Waals surface area contributed by atoms with Gasteiger partial charge >= 0.3 is 0 Å². The molecule has 0 aliphatic carbocycles. The SMILES string of the molecule is Cc1ccnc2c1ccn2[Si](C(C)C)(C(C)C)C(C)C. The maximum Gasteiger partial charge on any atom is 0.171 e. The summed E-state index contributed by atoms with van der Waals surface area (Å²) < 4.78 is 2.58. The number of aryl methyl sites for hydroxylation is 1. The number of fused-ring (bicyclic) bond motifs is 1. The third-order valence-corrected chi connectivity index (χ3v) is 11.7. The van der Waals surface area contributed by atoms with Crippen LogP contribution in [0.25, 0.3) is 11.0 Å². The zero-order valence-corrected chi connectivity index (χ0v) is 14.9. The van der Waals surface area contributed by atoms with Gasteiger partial charge in [-0.1, -0.05) is 41.5 Å². The fourth-order valence-electron chi connectivity index (χ4n) is 4.32. The van der Waals surface area contributed by atoms with Crippen LogP contribution < -0.4 is 0 Å². The van der Waals surface area contributed by atoms with Crippen LogP contribution in [-0.4, -0.2) is 17.5 Å². The molecule has 0 spiro atoms. The summed E-state index contributed by atoms with van der Waals surface area (Å²) in [5.74, 6) is 0. The van der Waals surface area contributed by atoms with E-state index in [2.05, 4.69) is 71.0 Å². The van der Waals surface area contributed by atoms with Crippen molar-refractivity contribution in [1.82, 2.24) is 9.22 Å². The molecule has 0 unspecified atom stereocenters. The first-order valence-corrected chi connectivity index (χ1v) is 9.94. The second-order valence-corrected chi connectivity index (χ2v) is 12.6. The van der Waals surface area contributed by atoms with Crippen molar-refractivity contribution >= 4 is 19.3 Å². The molecule has 0 atom stereocenters. The molecule has 2 aromatic heterocycles. The fraction of sp³-hybridized carbons (Fsp3) is 0.588. The van der Waals surface area contributed by atoms with E-state index < -0.39 is 8.24 Å². The molecule has 20 heavy (non-hydrogen) atoms. The summed E-state index contributed by atoms with van der Waals surface area (Å²) in [6.07, 6.45) is 4.26. The van der Waals surface area contributed by atoms with Crippen molar-refractivity contribution in [3.63, 3.8) is 0 Å². The highest BCUT2D eigenvalue weighted by molar-refractivity contribution is 6.82. The molecule has 0 aliphatic heterocycles. The van der Waals surface area contributed by atoms with Crippen molar-refractivity contribution in [2.45, 2.75) is 65.1 Å². The Morgan fingerprint density at radius 1 is 0.950 bits per heavy atom. The van der Waals surface area contributed by atoms with Crippen LogP contribution in [0.3, 0.4) is 0 Å². The molecular formula is C17H28N2Si. The third kappa shape index (κ3) is 2.03. The number of rotatable bonds is 4. The number of nitrogens with zero attached hydrogens (tertiary/aromatic N) is 2. The predicted octanol–water partition coefficient (Wildman–Crippen LogP) is 5.37. The summed E-state index contributed by atoms with van der Waals surface area (Å²) in [6.45, 7) is 16.6. The van der Waals surface area contributed by atoms with Gasteiger partial charge in [-0.05, 0) is 47.4 Å².